The molecule has 2 aromatic heterocycles. The Kier molecular flexibility index (Phi) is 36.3. The molecule has 3 aromatic rings. The number of esters is 2. The second-order valence-electron chi connectivity index (χ2n) is 19.8. The number of carbonyl (C=O) groups is 3. The molecule has 0 aliphatic rings. The molecule has 3 rings (SSSR count). The second kappa shape index (κ2) is 42.1. The van der Waals surface area contributed by atoms with E-state index in [2.05, 4.69) is 58.4 Å². The van der Waals surface area contributed by atoms with Crippen molar-refractivity contribution in [1.82, 2.24) is 24.8 Å². The Hall–Kier alpha value is -4.87. The lowest BCUT2D eigenvalue weighted by atomic mass is 10.1. The van der Waals surface area contributed by atoms with E-state index in [1.165, 1.54) is 95.1 Å². The zero-order valence-electron chi connectivity index (χ0n) is 47.0. The molecule has 2 heterocycles. The van der Waals surface area contributed by atoms with Crippen LogP contribution >= 0.6 is 7.82 Å². The molecular weight excluding hydrogens is 1000 g/mol. The van der Waals surface area contributed by atoms with Gasteiger partial charge in [-0.1, -0.05) is 159 Å². The van der Waals surface area contributed by atoms with Crippen LogP contribution < -0.4 is 21.5 Å². The molecule has 0 saturated heterocycles. The minimum Gasteiger partial charge on any atom is -0.462 e. The summed E-state index contributed by atoms with van der Waals surface area (Å²) in [4.78, 5) is 73.0. The first-order chi connectivity index (χ1) is 37.5. The molecule has 0 saturated carbocycles. The lowest BCUT2D eigenvalue weighted by Crippen LogP contribution is -2.30. The van der Waals surface area contributed by atoms with Gasteiger partial charge >= 0.3 is 31.5 Å². The molecule has 0 fully saturated rings. The van der Waals surface area contributed by atoms with Crippen LogP contribution in [0.3, 0.4) is 0 Å². The van der Waals surface area contributed by atoms with Gasteiger partial charge in [-0.25, -0.2) is 9.36 Å². The number of aromatic amines is 1. The van der Waals surface area contributed by atoms with Crippen molar-refractivity contribution < 1.29 is 51.8 Å². The van der Waals surface area contributed by atoms with Gasteiger partial charge in [-0.05, 0) is 81.9 Å². The first-order valence-electron chi connectivity index (χ1n) is 29.0. The number of amides is 1. The molecule has 19 heteroatoms. The van der Waals surface area contributed by atoms with E-state index < -0.39 is 44.1 Å². The van der Waals surface area contributed by atoms with Gasteiger partial charge in [0, 0.05) is 32.1 Å². The largest absolute Gasteiger partial charge is 0.472 e. The molecule has 5 N–H and O–H groups in total. The number of ether oxygens (including phenoxy) is 4. The lowest BCUT2D eigenvalue weighted by molar-refractivity contribution is -0.161. The predicted molar refractivity (Wildman–Crippen MR) is 304 cm³/mol. The van der Waals surface area contributed by atoms with Gasteiger partial charge in [0.05, 0.1) is 26.4 Å². The van der Waals surface area contributed by atoms with E-state index in [1.54, 1.807) is 24.3 Å². The fourth-order valence-electron chi connectivity index (χ4n) is 8.52. The maximum Gasteiger partial charge on any atom is 0.472 e. The Morgan fingerprint density at radius 2 is 1.21 bits per heavy atom. The summed E-state index contributed by atoms with van der Waals surface area (Å²) >= 11 is 0. The smallest absolute Gasteiger partial charge is 0.462 e. The summed E-state index contributed by atoms with van der Waals surface area (Å²) in [5, 5.41) is 2.63. The average Bonchev–Trinajstić information content (AvgIpc) is 3.74. The third-order valence-electron chi connectivity index (χ3n) is 13.0. The predicted octanol–water partition coefficient (Wildman–Crippen LogP) is 12.6. The molecule has 2 atom stereocenters. The maximum atomic E-state index is 12.9. The van der Waals surface area contributed by atoms with Crippen molar-refractivity contribution in [3.8, 4) is 6.01 Å². The fraction of sp³-hybridized carbons (Fsp3) is 0.690. The van der Waals surface area contributed by atoms with Crippen molar-refractivity contribution in [3.05, 3.63) is 70.2 Å². The average molecular weight is 1100 g/mol. The van der Waals surface area contributed by atoms with Gasteiger partial charge in [-0.3, -0.25) is 28.0 Å². The molecule has 1 amide bonds. The topological polar surface area (TPSA) is 246 Å². The van der Waals surface area contributed by atoms with E-state index in [1.807, 2.05) is 0 Å². The van der Waals surface area contributed by atoms with Crippen molar-refractivity contribution in [1.29, 1.82) is 0 Å². The number of nitrogen functional groups attached to an aromatic ring is 1. The standard InChI is InChI=1S/C58H95N6O12P/c1-4-6-8-10-12-14-16-18-20-22-23-25-27-29-31-33-35-51(65)73-46-50(76-52(66)36-34-32-30-28-26-24-21-19-17-15-13-11-9-7-5-2)47-75-77(69,70)74-42-41-60-56(67)49-39-37-48(38-40-49)45-64-55-53(61-58(64)68)54(59)62-57(63-55)72-44-43-71-3/h19-22,37-40,50H,4-18,23-36,41-47H2,1-3H3,(H,60,67)(H,61,68)(H,69,70)(H2,59,62,63)/b21-19+,22-20+. The number of unbranched alkanes of at least 4 members (excludes halogenated alkanes) is 23. The van der Waals surface area contributed by atoms with E-state index >= 15 is 0 Å². The number of benzene rings is 1. The van der Waals surface area contributed by atoms with Crippen molar-refractivity contribution >= 4 is 42.7 Å². The summed E-state index contributed by atoms with van der Waals surface area (Å²) in [7, 11) is -3.16. The van der Waals surface area contributed by atoms with Crippen LogP contribution in [0, 0.1) is 0 Å². The molecule has 0 bridgehead atoms. The number of nitrogens with zero attached hydrogens (tertiary/aromatic N) is 3. The highest BCUT2D eigenvalue weighted by atomic mass is 31.2. The molecule has 0 aliphatic heterocycles. The van der Waals surface area contributed by atoms with Crippen molar-refractivity contribution in [3.63, 3.8) is 0 Å². The van der Waals surface area contributed by atoms with Crippen LogP contribution in [0.1, 0.15) is 216 Å². The number of phosphoric ester groups is 1. The van der Waals surface area contributed by atoms with Crippen molar-refractivity contribution in [2.75, 3.05) is 52.4 Å². The zero-order valence-corrected chi connectivity index (χ0v) is 47.9. The van der Waals surface area contributed by atoms with Crippen LogP contribution in [-0.4, -0.2) is 95.1 Å². The summed E-state index contributed by atoms with van der Waals surface area (Å²) in [5.41, 5.74) is 7.08. The summed E-state index contributed by atoms with van der Waals surface area (Å²) in [6.07, 6.45) is 39.3. The van der Waals surface area contributed by atoms with E-state index in [9.17, 15) is 28.6 Å². The number of fused-ring (bicyclic) bond motifs is 1. The van der Waals surface area contributed by atoms with Gasteiger partial charge in [-0.15, -0.1) is 0 Å². The summed E-state index contributed by atoms with van der Waals surface area (Å²) < 4.78 is 46.2. The summed E-state index contributed by atoms with van der Waals surface area (Å²) in [6, 6.07) is 6.48. The number of allylic oxidation sites excluding steroid dienone is 4. The number of aromatic nitrogens is 4. The number of anilines is 1. The van der Waals surface area contributed by atoms with Crippen LogP contribution in [0.15, 0.2) is 53.4 Å². The van der Waals surface area contributed by atoms with E-state index in [4.69, 9.17) is 33.7 Å². The lowest BCUT2D eigenvalue weighted by Gasteiger charge is -2.20. The number of phosphoric acid groups is 1. The monoisotopic (exact) mass is 1100 g/mol. The SMILES string of the molecule is CCCCCCCC/C=C/CCCCCCCC(=O)OC(COC(=O)CCCCCCC/C=C/CCCCCCCCC)COP(=O)(O)OCCNC(=O)c1ccc(Cn2c(=O)[nH]c3c(N)nc(OCCOC)nc32)cc1. The number of hydrogen-bond donors (Lipinski definition) is 4. The third-order valence-corrected chi connectivity index (χ3v) is 14.0. The fourth-order valence-corrected chi connectivity index (χ4v) is 9.27. The molecule has 77 heavy (non-hydrogen) atoms. The van der Waals surface area contributed by atoms with Gasteiger partial charge in [0.2, 0.25) is 0 Å². The van der Waals surface area contributed by atoms with Gasteiger partial charge in [-0.2, -0.15) is 9.97 Å². The van der Waals surface area contributed by atoms with Gasteiger partial charge in [0.15, 0.2) is 17.6 Å². The first-order valence-corrected chi connectivity index (χ1v) is 30.5. The first kappa shape index (κ1) is 66.4. The highest BCUT2D eigenvalue weighted by Crippen LogP contribution is 2.43. The molecule has 2 unspecified atom stereocenters. The van der Waals surface area contributed by atoms with Gasteiger partial charge in [0.25, 0.3) is 5.91 Å². The number of hydrogen-bond acceptors (Lipinski definition) is 14. The molecule has 434 valence electrons. The molecule has 0 spiro atoms. The van der Waals surface area contributed by atoms with Gasteiger partial charge < -0.3 is 39.9 Å². The Balaban J connectivity index is 1.40. The highest BCUT2D eigenvalue weighted by Gasteiger charge is 2.26. The van der Waals surface area contributed by atoms with Crippen molar-refractivity contribution in [2.45, 2.75) is 213 Å². The Labute approximate surface area is 459 Å². The number of imidazole rings is 1. The molecule has 18 nitrogen and oxygen atoms in total. The number of methoxy groups -OCH3 is 1. The normalized spacial score (nSPS) is 12.9. The number of rotatable bonds is 48. The van der Waals surface area contributed by atoms with Crippen LogP contribution in [-0.2, 0) is 44.0 Å². The Bertz CT molecular complexity index is 2230. The molecular formula is C58H95N6O12P. The minimum absolute atomic E-state index is 0.00333. The number of H-pyrrole nitrogens is 1. The van der Waals surface area contributed by atoms with Crippen LogP contribution in [0.25, 0.3) is 11.2 Å². The van der Waals surface area contributed by atoms with E-state index in [-0.39, 0.29) is 74.3 Å². The molecule has 1 aromatic carbocycles. The zero-order chi connectivity index (χ0) is 55.6. The Morgan fingerprint density at radius 1 is 0.688 bits per heavy atom. The van der Waals surface area contributed by atoms with Crippen LogP contribution in [0.2, 0.25) is 0 Å². The third kappa shape index (κ3) is 31.3. The second-order valence-corrected chi connectivity index (χ2v) is 21.3. The quantitative estimate of drug-likeness (QED) is 0.0178. The number of nitrogens with one attached hydrogen (secondary N) is 2. The molecule has 0 radical (unpaired) electrons. The van der Waals surface area contributed by atoms with Crippen LogP contribution in [0.4, 0.5) is 5.82 Å². The van der Waals surface area contributed by atoms with Crippen molar-refractivity contribution in [2.24, 2.45) is 0 Å². The summed E-state index contributed by atoms with van der Waals surface area (Å²) in [5.74, 6) is -1.40. The number of nitrogens with two attached hydrogens (primary N) is 1. The summed E-state index contributed by atoms with van der Waals surface area (Å²) in [6.45, 7) is 3.66. The Morgan fingerprint density at radius 3 is 1.75 bits per heavy atom. The highest BCUT2D eigenvalue weighted by molar-refractivity contribution is 7.47. The van der Waals surface area contributed by atoms with E-state index in [0.717, 1.165) is 77.0 Å². The van der Waals surface area contributed by atoms with Crippen LogP contribution in [0.5, 0.6) is 6.01 Å². The molecule has 0 aliphatic carbocycles. The van der Waals surface area contributed by atoms with E-state index in [0.29, 0.717) is 25.0 Å². The van der Waals surface area contributed by atoms with Gasteiger partial charge in [0.1, 0.15) is 18.7 Å². The maximum absolute atomic E-state index is 12.9. The minimum atomic E-state index is -4.69. The number of carbonyl (C=O) groups excluding carboxylic acids is 3.